The zero-order valence-corrected chi connectivity index (χ0v) is 13.5. The smallest absolute Gasteiger partial charge is 0.123 e. The van der Waals surface area contributed by atoms with Crippen molar-refractivity contribution < 1.29 is 9.84 Å². The van der Waals surface area contributed by atoms with Crippen molar-refractivity contribution in [3.63, 3.8) is 0 Å². The van der Waals surface area contributed by atoms with E-state index >= 15 is 0 Å². The second-order valence-electron chi connectivity index (χ2n) is 6.59. The minimum atomic E-state index is -0.272. The standard InChI is InChI=1S/C17H29NO2/c1-6-18-17(5,13-19)11-12-20-15-10-8-7-9-14(15)16(2,3)4/h7-10,18-19H,6,11-13H2,1-5H3. The van der Waals surface area contributed by atoms with E-state index < -0.39 is 0 Å². The number of hydrogen-bond acceptors (Lipinski definition) is 3. The van der Waals surface area contributed by atoms with Gasteiger partial charge in [-0.05, 0) is 30.5 Å². The molecule has 0 fully saturated rings. The van der Waals surface area contributed by atoms with Crippen molar-refractivity contribution >= 4 is 0 Å². The van der Waals surface area contributed by atoms with Gasteiger partial charge < -0.3 is 15.2 Å². The molecule has 0 bridgehead atoms. The molecule has 0 aromatic heterocycles. The second-order valence-corrected chi connectivity index (χ2v) is 6.59. The van der Waals surface area contributed by atoms with E-state index in [9.17, 15) is 5.11 Å². The Hall–Kier alpha value is -1.06. The Labute approximate surface area is 123 Å². The number of para-hydroxylation sites is 1. The summed E-state index contributed by atoms with van der Waals surface area (Å²) in [4.78, 5) is 0. The van der Waals surface area contributed by atoms with Gasteiger partial charge in [-0.15, -0.1) is 0 Å². The van der Waals surface area contributed by atoms with E-state index in [1.54, 1.807) is 0 Å². The molecule has 1 aromatic carbocycles. The molecule has 20 heavy (non-hydrogen) atoms. The molecule has 1 atom stereocenters. The van der Waals surface area contributed by atoms with Crippen LogP contribution in [0.15, 0.2) is 24.3 Å². The summed E-state index contributed by atoms with van der Waals surface area (Å²) in [5, 5.41) is 12.8. The predicted molar refractivity (Wildman–Crippen MR) is 84.4 cm³/mol. The minimum Gasteiger partial charge on any atom is -0.493 e. The molecule has 0 saturated heterocycles. The van der Waals surface area contributed by atoms with Gasteiger partial charge in [0.2, 0.25) is 0 Å². The van der Waals surface area contributed by atoms with E-state index in [1.165, 1.54) is 5.56 Å². The molecular weight excluding hydrogens is 250 g/mol. The average Bonchev–Trinajstić information content (AvgIpc) is 2.38. The van der Waals surface area contributed by atoms with Gasteiger partial charge in [0.25, 0.3) is 0 Å². The van der Waals surface area contributed by atoms with Crippen molar-refractivity contribution in [2.75, 3.05) is 19.8 Å². The van der Waals surface area contributed by atoms with Crippen LogP contribution in [0.5, 0.6) is 5.75 Å². The summed E-state index contributed by atoms with van der Waals surface area (Å²) < 4.78 is 5.96. The van der Waals surface area contributed by atoms with Gasteiger partial charge in [0, 0.05) is 12.0 Å². The summed E-state index contributed by atoms with van der Waals surface area (Å²) >= 11 is 0. The highest BCUT2D eigenvalue weighted by Gasteiger charge is 2.23. The Bertz CT molecular complexity index is 412. The molecule has 0 aliphatic heterocycles. The van der Waals surface area contributed by atoms with Gasteiger partial charge in [-0.1, -0.05) is 45.9 Å². The first-order valence-electron chi connectivity index (χ1n) is 7.40. The fraction of sp³-hybridized carbons (Fsp3) is 0.647. The number of aliphatic hydroxyl groups is 1. The molecule has 0 amide bonds. The average molecular weight is 279 g/mol. The summed E-state index contributed by atoms with van der Waals surface area (Å²) in [5.41, 5.74) is 1.01. The molecule has 3 heteroatoms. The van der Waals surface area contributed by atoms with Crippen LogP contribution in [0.3, 0.4) is 0 Å². The highest BCUT2D eigenvalue weighted by atomic mass is 16.5. The maximum Gasteiger partial charge on any atom is 0.123 e. The number of nitrogens with one attached hydrogen (secondary N) is 1. The quantitative estimate of drug-likeness (QED) is 0.806. The normalized spacial score (nSPS) is 14.9. The lowest BCUT2D eigenvalue weighted by atomic mass is 9.86. The number of rotatable bonds is 7. The molecule has 0 radical (unpaired) electrons. The van der Waals surface area contributed by atoms with E-state index in [1.807, 2.05) is 32.0 Å². The summed E-state index contributed by atoms with van der Waals surface area (Å²) in [6.07, 6.45) is 0.774. The zero-order chi connectivity index (χ0) is 15.2. The van der Waals surface area contributed by atoms with Gasteiger partial charge in [0.05, 0.1) is 13.2 Å². The first-order chi connectivity index (χ1) is 9.32. The molecule has 0 aliphatic carbocycles. The van der Waals surface area contributed by atoms with Crippen molar-refractivity contribution in [3.05, 3.63) is 29.8 Å². The third-order valence-corrected chi connectivity index (χ3v) is 3.56. The van der Waals surface area contributed by atoms with Gasteiger partial charge in [-0.2, -0.15) is 0 Å². The summed E-state index contributed by atoms with van der Waals surface area (Å²) in [6, 6.07) is 8.18. The highest BCUT2D eigenvalue weighted by molar-refractivity contribution is 5.38. The summed E-state index contributed by atoms with van der Waals surface area (Å²) in [6.45, 7) is 12.2. The molecule has 0 heterocycles. The van der Waals surface area contributed by atoms with Gasteiger partial charge in [-0.3, -0.25) is 0 Å². The van der Waals surface area contributed by atoms with Crippen LogP contribution in [0, 0.1) is 0 Å². The van der Waals surface area contributed by atoms with Gasteiger partial charge in [0.15, 0.2) is 0 Å². The molecule has 1 rings (SSSR count). The third-order valence-electron chi connectivity index (χ3n) is 3.56. The monoisotopic (exact) mass is 279 g/mol. The van der Waals surface area contributed by atoms with Crippen LogP contribution in [-0.4, -0.2) is 30.4 Å². The number of benzene rings is 1. The topological polar surface area (TPSA) is 41.5 Å². The van der Waals surface area contributed by atoms with Gasteiger partial charge in [0.1, 0.15) is 5.75 Å². The first-order valence-corrected chi connectivity index (χ1v) is 7.40. The fourth-order valence-corrected chi connectivity index (χ4v) is 2.25. The molecule has 1 aromatic rings. The lowest BCUT2D eigenvalue weighted by Crippen LogP contribution is -2.46. The van der Waals surface area contributed by atoms with Crippen molar-refractivity contribution in [3.8, 4) is 5.75 Å². The Balaban J connectivity index is 2.67. The molecule has 114 valence electrons. The van der Waals surface area contributed by atoms with Gasteiger partial charge in [-0.25, -0.2) is 0 Å². The van der Waals surface area contributed by atoms with E-state index in [-0.39, 0.29) is 17.6 Å². The van der Waals surface area contributed by atoms with Crippen molar-refractivity contribution in [2.24, 2.45) is 0 Å². The Morgan fingerprint density at radius 1 is 1.15 bits per heavy atom. The van der Waals surface area contributed by atoms with Crippen LogP contribution in [-0.2, 0) is 5.41 Å². The van der Waals surface area contributed by atoms with Crippen LogP contribution < -0.4 is 10.1 Å². The number of hydrogen-bond donors (Lipinski definition) is 2. The zero-order valence-electron chi connectivity index (χ0n) is 13.5. The van der Waals surface area contributed by atoms with Crippen molar-refractivity contribution in [2.45, 2.75) is 52.0 Å². The molecule has 0 saturated carbocycles. The lowest BCUT2D eigenvalue weighted by Gasteiger charge is -2.29. The minimum absolute atomic E-state index is 0.0680. The molecule has 1 unspecified atom stereocenters. The largest absolute Gasteiger partial charge is 0.493 e. The number of likely N-dealkylation sites (N-methyl/N-ethyl adjacent to an activating group) is 1. The van der Waals surface area contributed by atoms with Crippen LogP contribution >= 0.6 is 0 Å². The number of aliphatic hydroxyl groups excluding tert-OH is 1. The van der Waals surface area contributed by atoms with Crippen LogP contribution in [0.2, 0.25) is 0 Å². The maximum absolute atomic E-state index is 9.48. The van der Waals surface area contributed by atoms with Crippen LogP contribution in [0.25, 0.3) is 0 Å². The van der Waals surface area contributed by atoms with Crippen LogP contribution in [0.4, 0.5) is 0 Å². The van der Waals surface area contributed by atoms with E-state index in [4.69, 9.17) is 4.74 Å². The summed E-state index contributed by atoms with van der Waals surface area (Å²) in [7, 11) is 0. The van der Waals surface area contributed by atoms with Gasteiger partial charge >= 0.3 is 0 Å². The predicted octanol–water partition coefficient (Wildman–Crippen LogP) is 3.11. The third kappa shape index (κ3) is 4.80. The summed E-state index contributed by atoms with van der Waals surface area (Å²) in [5.74, 6) is 0.941. The SMILES string of the molecule is CCNC(C)(CO)CCOc1ccccc1C(C)(C)C. The Kier molecular flexibility index (Phi) is 6.03. The van der Waals surface area contributed by atoms with Crippen LogP contribution in [0.1, 0.15) is 46.6 Å². The molecule has 3 nitrogen and oxygen atoms in total. The van der Waals surface area contributed by atoms with E-state index in [0.717, 1.165) is 18.7 Å². The second kappa shape index (κ2) is 7.09. The van der Waals surface area contributed by atoms with Crippen molar-refractivity contribution in [1.29, 1.82) is 0 Å². The lowest BCUT2D eigenvalue weighted by molar-refractivity contribution is 0.145. The maximum atomic E-state index is 9.48. The Morgan fingerprint density at radius 3 is 2.35 bits per heavy atom. The molecule has 2 N–H and O–H groups in total. The number of ether oxygens (including phenoxy) is 1. The van der Waals surface area contributed by atoms with Crippen molar-refractivity contribution in [1.82, 2.24) is 5.32 Å². The van der Waals surface area contributed by atoms with E-state index in [2.05, 4.69) is 32.2 Å². The molecule has 0 spiro atoms. The fourth-order valence-electron chi connectivity index (χ4n) is 2.25. The van der Waals surface area contributed by atoms with E-state index in [0.29, 0.717) is 6.61 Å². The highest BCUT2D eigenvalue weighted by Crippen LogP contribution is 2.31. The molecular formula is C17H29NO2. The molecule has 0 aliphatic rings. The Morgan fingerprint density at radius 2 is 1.80 bits per heavy atom. The first kappa shape index (κ1) is 17.0.